The van der Waals surface area contributed by atoms with Crippen LogP contribution in [0.2, 0.25) is 0 Å². The number of carbonyl (C=O) groups is 3. The number of hydrogen-bond donors (Lipinski definition) is 1. The van der Waals surface area contributed by atoms with E-state index in [2.05, 4.69) is 18.7 Å². The van der Waals surface area contributed by atoms with Crippen molar-refractivity contribution in [1.29, 1.82) is 0 Å². The summed E-state index contributed by atoms with van der Waals surface area (Å²) in [4.78, 5) is 39.8. The van der Waals surface area contributed by atoms with E-state index in [4.69, 9.17) is 4.74 Å². The van der Waals surface area contributed by atoms with E-state index in [1.165, 1.54) is 0 Å². The molecule has 7 nitrogen and oxygen atoms in total. The molecular formula is C27H36N2O5. The van der Waals surface area contributed by atoms with E-state index in [1.807, 2.05) is 36.4 Å². The molecule has 0 saturated carbocycles. The number of benzene rings is 2. The Morgan fingerprint density at radius 1 is 0.912 bits per heavy atom. The molecule has 0 bridgehead atoms. The van der Waals surface area contributed by atoms with Gasteiger partial charge in [0.15, 0.2) is 0 Å². The fraction of sp³-hybridized carbons (Fsp3) is 0.444. The van der Waals surface area contributed by atoms with Crippen molar-refractivity contribution in [3.05, 3.63) is 71.3 Å². The minimum atomic E-state index is -0.941. The minimum absolute atomic E-state index is 0.0498. The fourth-order valence-electron chi connectivity index (χ4n) is 3.85. The zero-order valence-electron chi connectivity index (χ0n) is 20.4. The lowest BCUT2D eigenvalue weighted by molar-refractivity contribution is -0.147. The van der Waals surface area contributed by atoms with Crippen molar-refractivity contribution in [2.24, 2.45) is 0 Å². The molecule has 184 valence electrons. The van der Waals surface area contributed by atoms with Crippen LogP contribution in [0.5, 0.6) is 0 Å². The average molecular weight is 469 g/mol. The molecule has 1 N–H and O–H groups in total. The van der Waals surface area contributed by atoms with E-state index >= 15 is 0 Å². The SMILES string of the molecule is CCC(CC)N(CCN(C)C(=O)CCC(=O)OCc1ccccc1)Cc1cccc(C(=O)O)c1. The highest BCUT2D eigenvalue weighted by Gasteiger charge is 2.19. The van der Waals surface area contributed by atoms with Crippen molar-refractivity contribution in [1.82, 2.24) is 9.80 Å². The van der Waals surface area contributed by atoms with Crippen LogP contribution in [-0.2, 0) is 27.5 Å². The molecule has 0 spiro atoms. The number of nitrogens with zero attached hydrogens (tertiary/aromatic N) is 2. The molecule has 1 amide bonds. The molecule has 0 unspecified atom stereocenters. The topological polar surface area (TPSA) is 87.2 Å². The summed E-state index contributed by atoms with van der Waals surface area (Å²) in [6.45, 7) is 6.26. The van der Waals surface area contributed by atoms with E-state index in [0.717, 1.165) is 24.0 Å². The van der Waals surface area contributed by atoms with Gasteiger partial charge < -0.3 is 14.7 Å². The van der Waals surface area contributed by atoms with Gasteiger partial charge in [-0.3, -0.25) is 14.5 Å². The quantitative estimate of drug-likeness (QED) is 0.415. The van der Waals surface area contributed by atoms with Crippen molar-refractivity contribution in [2.45, 2.75) is 58.7 Å². The Balaban J connectivity index is 1.85. The lowest BCUT2D eigenvalue weighted by Crippen LogP contribution is -2.41. The molecule has 0 heterocycles. The smallest absolute Gasteiger partial charge is 0.335 e. The van der Waals surface area contributed by atoms with Crippen molar-refractivity contribution in [3.63, 3.8) is 0 Å². The second kappa shape index (κ2) is 14.2. The van der Waals surface area contributed by atoms with E-state index < -0.39 is 5.97 Å². The summed E-state index contributed by atoms with van der Waals surface area (Å²) >= 11 is 0. The summed E-state index contributed by atoms with van der Waals surface area (Å²) in [5.74, 6) is -1.43. The third kappa shape index (κ3) is 8.98. The number of carboxylic acids is 1. The molecule has 0 aromatic heterocycles. The van der Waals surface area contributed by atoms with Crippen LogP contribution in [0.25, 0.3) is 0 Å². The number of likely N-dealkylation sites (N-methyl/N-ethyl adjacent to an activating group) is 1. The molecule has 0 aliphatic heterocycles. The second-order valence-electron chi connectivity index (χ2n) is 8.41. The number of carboxylic acid groups (broad SMARTS) is 1. The minimum Gasteiger partial charge on any atom is -0.478 e. The van der Waals surface area contributed by atoms with Crippen LogP contribution in [0.4, 0.5) is 0 Å². The Bertz CT molecular complexity index is 928. The van der Waals surface area contributed by atoms with Crippen LogP contribution in [-0.4, -0.2) is 58.9 Å². The Labute approximate surface area is 202 Å². The first-order chi connectivity index (χ1) is 16.3. The normalized spacial score (nSPS) is 11.0. The first-order valence-electron chi connectivity index (χ1n) is 11.8. The van der Waals surface area contributed by atoms with Crippen molar-refractivity contribution in [3.8, 4) is 0 Å². The van der Waals surface area contributed by atoms with Crippen molar-refractivity contribution < 1.29 is 24.2 Å². The zero-order chi connectivity index (χ0) is 24.9. The predicted molar refractivity (Wildman–Crippen MR) is 131 cm³/mol. The maximum absolute atomic E-state index is 12.6. The summed E-state index contributed by atoms with van der Waals surface area (Å²) < 4.78 is 5.25. The van der Waals surface area contributed by atoms with Gasteiger partial charge in [0.25, 0.3) is 0 Å². The maximum Gasteiger partial charge on any atom is 0.335 e. The molecule has 0 saturated heterocycles. The van der Waals surface area contributed by atoms with Gasteiger partial charge in [0.1, 0.15) is 6.61 Å². The number of amides is 1. The Kier molecular flexibility index (Phi) is 11.3. The standard InChI is InChI=1S/C27H36N2O5/c1-4-24(5-2)29(19-22-12-9-13-23(18-22)27(32)33)17-16-28(3)25(30)14-15-26(31)34-20-21-10-7-6-8-11-21/h6-13,18,24H,4-5,14-17,19-20H2,1-3H3,(H,32,33). The molecule has 2 aromatic rings. The molecule has 0 fully saturated rings. The van der Waals surface area contributed by atoms with Gasteiger partial charge >= 0.3 is 11.9 Å². The highest BCUT2D eigenvalue weighted by atomic mass is 16.5. The third-order valence-corrected chi connectivity index (χ3v) is 5.95. The fourth-order valence-corrected chi connectivity index (χ4v) is 3.85. The van der Waals surface area contributed by atoms with Gasteiger partial charge in [-0.25, -0.2) is 4.79 Å². The highest BCUT2D eigenvalue weighted by molar-refractivity contribution is 5.87. The number of ether oxygens (including phenoxy) is 1. The van der Waals surface area contributed by atoms with Crippen LogP contribution in [0.15, 0.2) is 54.6 Å². The predicted octanol–water partition coefficient (Wildman–Crippen LogP) is 4.36. The molecule has 0 aliphatic rings. The van der Waals surface area contributed by atoms with Crippen LogP contribution in [0.1, 0.15) is 61.0 Å². The number of aromatic carboxylic acids is 1. The van der Waals surface area contributed by atoms with Gasteiger partial charge in [-0.2, -0.15) is 0 Å². The van der Waals surface area contributed by atoms with E-state index in [0.29, 0.717) is 25.7 Å². The van der Waals surface area contributed by atoms with Gasteiger partial charge in [-0.05, 0) is 36.1 Å². The van der Waals surface area contributed by atoms with Crippen LogP contribution >= 0.6 is 0 Å². The van der Waals surface area contributed by atoms with Gasteiger partial charge in [-0.1, -0.05) is 56.3 Å². The largest absolute Gasteiger partial charge is 0.478 e. The molecule has 0 atom stereocenters. The first kappa shape index (κ1) is 27.1. The summed E-state index contributed by atoms with van der Waals surface area (Å²) in [5.41, 5.74) is 2.12. The summed E-state index contributed by atoms with van der Waals surface area (Å²) in [7, 11) is 1.74. The number of carbonyl (C=O) groups excluding carboxylic acids is 2. The Morgan fingerprint density at radius 3 is 2.24 bits per heavy atom. The molecular weight excluding hydrogens is 432 g/mol. The zero-order valence-corrected chi connectivity index (χ0v) is 20.4. The summed E-state index contributed by atoms with van der Waals surface area (Å²) in [5, 5.41) is 9.27. The molecule has 34 heavy (non-hydrogen) atoms. The van der Waals surface area contributed by atoms with E-state index in [1.54, 1.807) is 30.1 Å². The van der Waals surface area contributed by atoms with Crippen LogP contribution < -0.4 is 0 Å². The number of esters is 1. The van der Waals surface area contributed by atoms with Crippen LogP contribution in [0.3, 0.4) is 0 Å². The van der Waals surface area contributed by atoms with Gasteiger partial charge in [0.05, 0.1) is 12.0 Å². The molecule has 2 aromatic carbocycles. The maximum atomic E-state index is 12.6. The van der Waals surface area contributed by atoms with Crippen molar-refractivity contribution in [2.75, 3.05) is 20.1 Å². The monoisotopic (exact) mass is 468 g/mol. The van der Waals surface area contributed by atoms with Crippen LogP contribution in [0, 0.1) is 0 Å². The lowest BCUT2D eigenvalue weighted by Gasteiger charge is -2.32. The molecule has 2 rings (SSSR count). The van der Waals surface area contributed by atoms with Gasteiger partial charge in [0, 0.05) is 39.1 Å². The van der Waals surface area contributed by atoms with Crippen molar-refractivity contribution >= 4 is 17.8 Å². The van der Waals surface area contributed by atoms with E-state index in [-0.39, 0.29) is 36.9 Å². The number of rotatable bonds is 14. The Hall–Kier alpha value is -3.19. The average Bonchev–Trinajstić information content (AvgIpc) is 2.85. The lowest BCUT2D eigenvalue weighted by atomic mass is 10.1. The highest BCUT2D eigenvalue weighted by Crippen LogP contribution is 2.15. The number of hydrogen-bond acceptors (Lipinski definition) is 5. The van der Waals surface area contributed by atoms with E-state index in [9.17, 15) is 19.5 Å². The molecule has 0 radical (unpaired) electrons. The summed E-state index contributed by atoms with van der Waals surface area (Å²) in [6.07, 6.45) is 2.07. The first-order valence-corrected chi connectivity index (χ1v) is 11.8. The summed E-state index contributed by atoms with van der Waals surface area (Å²) in [6, 6.07) is 16.7. The molecule has 7 heteroatoms. The van der Waals surface area contributed by atoms with Gasteiger partial charge in [0.2, 0.25) is 5.91 Å². The molecule has 0 aliphatic carbocycles. The second-order valence-corrected chi connectivity index (χ2v) is 8.41. The Morgan fingerprint density at radius 2 is 1.59 bits per heavy atom. The van der Waals surface area contributed by atoms with Gasteiger partial charge in [-0.15, -0.1) is 0 Å². The third-order valence-electron chi connectivity index (χ3n) is 5.95.